The molecule has 0 unspecified atom stereocenters. The summed E-state index contributed by atoms with van der Waals surface area (Å²) in [6.07, 6.45) is 2.87. The van der Waals surface area contributed by atoms with Gasteiger partial charge in [-0.25, -0.2) is 16.8 Å². The van der Waals surface area contributed by atoms with E-state index in [2.05, 4.69) is 5.32 Å². The molecule has 7 heteroatoms. The summed E-state index contributed by atoms with van der Waals surface area (Å²) in [5.41, 5.74) is 0. The Morgan fingerprint density at radius 2 is 1.36 bits per heavy atom. The Morgan fingerprint density at radius 1 is 0.857 bits per heavy atom. The van der Waals surface area contributed by atoms with Crippen LogP contribution >= 0.6 is 0 Å². The first-order valence-electron chi connectivity index (χ1n) is 4.27. The van der Waals surface area contributed by atoms with Gasteiger partial charge in [-0.05, 0) is 13.0 Å². The molecule has 5 nitrogen and oxygen atoms in total. The minimum absolute atomic E-state index is 0.0892. The summed E-state index contributed by atoms with van der Waals surface area (Å²) in [5, 5.41) is 2.87. The van der Waals surface area contributed by atoms with Gasteiger partial charge in [0.05, 0.1) is 11.5 Å². The van der Waals surface area contributed by atoms with E-state index in [1.807, 2.05) is 0 Å². The highest BCUT2D eigenvalue weighted by Gasteiger charge is 2.02. The zero-order valence-electron chi connectivity index (χ0n) is 8.49. The smallest absolute Gasteiger partial charge is 0.148 e. The second kappa shape index (κ2) is 5.67. The lowest BCUT2D eigenvalue weighted by Crippen LogP contribution is -2.24. The number of hydrogen-bond donors (Lipinski definition) is 1. The molecule has 0 aromatic rings. The van der Waals surface area contributed by atoms with Crippen LogP contribution in [0.4, 0.5) is 0 Å². The van der Waals surface area contributed by atoms with Crippen LogP contribution in [0.1, 0.15) is 6.42 Å². The maximum Gasteiger partial charge on any atom is 0.148 e. The van der Waals surface area contributed by atoms with Gasteiger partial charge in [0.15, 0.2) is 0 Å². The summed E-state index contributed by atoms with van der Waals surface area (Å²) in [4.78, 5) is 0. The van der Waals surface area contributed by atoms with Crippen molar-refractivity contribution in [3.63, 3.8) is 0 Å². The van der Waals surface area contributed by atoms with Gasteiger partial charge in [0, 0.05) is 19.1 Å². The summed E-state index contributed by atoms with van der Waals surface area (Å²) in [5.74, 6) is 0.227. The number of sulfone groups is 2. The molecule has 0 radical (unpaired) electrons. The van der Waals surface area contributed by atoms with Gasteiger partial charge in [0.25, 0.3) is 0 Å². The topological polar surface area (TPSA) is 80.3 Å². The number of rotatable bonds is 7. The Hall–Kier alpha value is -0.140. The van der Waals surface area contributed by atoms with Crippen molar-refractivity contribution >= 4 is 19.7 Å². The molecule has 0 bridgehead atoms. The second-order valence-electron chi connectivity index (χ2n) is 3.36. The van der Waals surface area contributed by atoms with E-state index in [-0.39, 0.29) is 11.5 Å². The molecule has 0 aromatic heterocycles. The average molecular weight is 243 g/mol. The molecule has 14 heavy (non-hydrogen) atoms. The molecular weight excluding hydrogens is 226 g/mol. The van der Waals surface area contributed by atoms with Crippen LogP contribution < -0.4 is 5.32 Å². The highest BCUT2D eigenvalue weighted by Crippen LogP contribution is 1.87. The molecule has 86 valence electrons. The molecule has 0 saturated heterocycles. The van der Waals surface area contributed by atoms with Crippen LogP contribution in [0.3, 0.4) is 0 Å². The van der Waals surface area contributed by atoms with Gasteiger partial charge in [0.1, 0.15) is 19.7 Å². The Balaban J connectivity index is 3.41. The molecule has 0 fully saturated rings. The fraction of sp³-hybridized carbons (Fsp3) is 1.00. The molecule has 0 atom stereocenters. The van der Waals surface area contributed by atoms with Crippen molar-refractivity contribution < 1.29 is 16.8 Å². The molecule has 0 aromatic carbocycles. The van der Waals surface area contributed by atoms with Gasteiger partial charge >= 0.3 is 0 Å². The van der Waals surface area contributed by atoms with Gasteiger partial charge in [-0.15, -0.1) is 0 Å². The highest BCUT2D eigenvalue weighted by atomic mass is 32.2. The maximum atomic E-state index is 10.7. The summed E-state index contributed by atoms with van der Waals surface area (Å²) in [7, 11) is -5.82. The van der Waals surface area contributed by atoms with E-state index in [0.29, 0.717) is 19.5 Å². The van der Waals surface area contributed by atoms with Gasteiger partial charge in [-0.1, -0.05) is 0 Å². The fourth-order valence-electron chi connectivity index (χ4n) is 0.842. The molecule has 0 spiro atoms. The summed E-state index contributed by atoms with van der Waals surface area (Å²) < 4.78 is 42.8. The Labute approximate surface area is 85.7 Å². The minimum atomic E-state index is -2.92. The van der Waals surface area contributed by atoms with Crippen molar-refractivity contribution in [2.24, 2.45) is 0 Å². The summed E-state index contributed by atoms with van der Waals surface area (Å²) in [6.45, 7) is 0.908. The van der Waals surface area contributed by atoms with E-state index in [9.17, 15) is 16.8 Å². The summed E-state index contributed by atoms with van der Waals surface area (Å²) >= 11 is 0. The predicted molar refractivity (Wildman–Crippen MR) is 56.9 cm³/mol. The molecule has 0 rings (SSSR count). The average Bonchev–Trinajstić information content (AvgIpc) is 1.92. The van der Waals surface area contributed by atoms with E-state index in [1.54, 1.807) is 0 Å². The first-order chi connectivity index (χ1) is 6.21. The maximum absolute atomic E-state index is 10.7. The highest BCUT2D eigenvalue weighted by molar-refractivity contribution is 7.90. The second-order valence-corrected chi connectivity index (χ2v) is 7.88. The minimum Gasteiger partial charge on any atom is -0.316 e. The zero-order chi connectivity index (χ0) is 11.2. The largest absolute Gasteiger partial charge is 0.316 e. The van der Waals surface area contributed by atoms with Gasteiger partial charge in [0.2, 0.25) is 0 Å². The molecule has 0 saturated carbocycles. The number of hydrogen-bond acceptors (Lipinski definition) is 5. The third-order valence-electron chi connectivity index (χ3n) is 1.52. The molecule has 0 aliphatic carbocycles. The molecule has 0 aliphatic heterocycles. The lowest BCUT2D eigenvalue weighted by atomic mass is 10.5. The van der Waals surface area contributed by atoms with Crippen molar-refractivity contribution in [1.29, 1.82) is 0 Å². The Kier molecular flexibility index (Phi) is 5.61. The molecule has 0 amide bonds. The third-order valence-corrected chi connectivity index (χ3v) is 3.49. The first-order valence-corrected chi connectivity index (χ1v) is 8.39. The van der Waals surface area contributed by atoms with Gasteiger partial charge < -0.3 is 5.32 Å². The Morgan fingerprint density at radius 3 is 1.79 bits per heavy atom. The molecule has 0 heterocycles. The zero-order valence-corrected chi connectivity index (χ0v) is 10.1. The SMILES string of the molecule is CS(=O)(=O)CCCNCCS(C)(=O)=O. The van der Waals surface area contributed by atoms with Crippen molar-refractivity contribution in [2.75, 3.05) is 37.1 Å². The summed E-state index contributed by atoms with van der Waals surface area (Å²) in [6, 6.07) is 0. The quantitative estimate of drug-likeness (QED) is 0.583. The molecule has 0 aliphatic rings. The standard InChI is InChI=1S/C7H17NO4S2/c1-13(9,10)6-3-4-8-5-7-14(2,11)12/h8H,3-7H2,1-2H3. The predicted octanol–water partition coefficient (Wildman–Crippen LogP) is -0.945. The van der Waals surface area contributed by atoms with E-state index in [0.717, 1.165) is 0 Å². The third kappa shape index (κ3) is 11.9. The molecular formula is C7H17NO4S2. The van der Waals surface area contributed by atoms with Crippen molar-refractivity contribution in [1.82, 2.24) is 5.32 Å². The van der Waals surface area contributed by atoms with Gasteiger partial charge in [-0.2, -0.15) is 0 Å². The van der Waals surface area contributed by atoms with Crippen LogP contribution in [0.15, 0.2) is 0 Å². The van der Waals surface area contributed by atoms with Crippen LogP contribution in [0.2, 0.25) is 0 Å². The lowest BCUT2D eigenvalue weighted by Gasteiger charge is -2.02. The first kappa shape index (κ1) is 13.9. The van der Waals surface area contributed by atoms with Crippen LogP contribution in [-0.2, 0) is 19.7 Å². The van der Waals surface area contributed by atoms with Crippen LogP contribution in [0.5, 0.6) is 0 Å². The van der Waals surface area contributed by atoms with Crippen LogP contribution in [0.25, 0.3) is 0 Å². The van der Waals surface area contributed by atoms with Crippen molar-refractivity contribution in [3.05, 3.63) is 0 Å². The number of nitrogens with one attached hydrogen (secondary N) is 1. The van der Waals surface area contributed by atoms with Crippen molar-refractivity contribution in [3.8, 4) is 0 Å². The van der Waals surface area contributed by atoms with Crippen LogP contribution in [-0.4, -0.2) is 53.9 Å². The van der Waals surface area contributed by atoms with E-state index in [1.165, 1.54) is 12.5 Å². The monoisotopic (exact) mass is 243 g/mol. The fourth-order valence-corrected chi connectivity index (χ4v) is 2.03. The van der Waals surface area contributed by atoms with E-state index in [4.69, 9.17) is 0 Å². The molecule has 1 N–H and O–H groups in total. The van der Waals surface area contributed by atoms with Crippen molar-refractivity contribution in [2.45, 2.75) is 6.42 Å². The normalized spacial score (nSPS) is 13.0. The van der Waals surface area contributed by atoms with E-state index < -0.39 is 19.7 Å². The van der Waals surface area contributed by atoms with E-state index >= 15 is 0 Å². The lowest BCUT2D eigenvalue weighted by molar-refractivity contribution is 0.589. The Bertz CT molecular complexity index is 308. The van der Waals surface area contributed by atoms with Gasteiger partial charge in [-0.3, -0.25) is 0 Å². The van der Waals surface area contributed by atoms with Crippen LogP contribution in [0, 0.1) is 0 Å².